The van der Waals surface area contributed by atoms with Crippen molar-refractivity contribution in [2.24, 2.45) is 4.99 Å². The highest BCUT2D eigenvalue weighted by Crippen LogP contribution is 2.18. The van der Waals surface area contributed by atoms with E-state index >= 15 is 0 Å². The third kappa shape index (κ3) is 7.76. The number of halogens is 1. The first kappa shape index (κ1) is 25.1. The molecule has 1 aromatic heterocycles. The number of anilines is 1. The van der Waals surface area contributed by atoms with Gasteiger partial charge in [-0.2, -0.15) is 0 Å². The van der Waals surface area contributed by atoms with Crippen LogP contribution in [0.1, 0.15) is 18.4 Å². The molecule has 4 rings (SSSR count). The summed E-state index contributed by atoms with van der Waals surface area (Å²) >= 11 is 0. The van der Waals surface area contributed by atoms with E-state index in [1.807, 2.05) is 49.6 Å². The van der Waals surface area contributed by atoms with Gasteiger partial charge in [0.25, 0.3) is 5.91 Å². The zero-order valence-corrected chi connectivity index (χ0v) is 21.4. The smallest absolute Gasteiger partial charge is 0.258 e. The van der Waals surface area contributed by atoms with Crippen LogP contribution in [0.25, 0.3) is 0 Å². The molecule has 0 bridgehead atoms. The Labute approximate surface area is 212 Å². The number of guanidine groups is 1. The minimum Gasteiger partial charge on any atom is -0.484 e. The fourth-order valence-corrected chi connectivity index (χ4v) is 3.74. The van der Waals surface area contributed by atoms with Gasteiger partial charge in [0, 0.05) is 52.0 Å². The van der Waals surface area contributed by atoms with Gasteiger partial charge < -0.3 is 25.2 Å². The number of carbonyl (C=O) groups excluding carboxylic acids is 1. The topological polar surface area (TPSA) is 82.1 Å². The number of nitrogens with one attached hydrogen (secondary N) is 2. The van der Waals surface area contributed by atoms with Crippen LogP contribution in [0.5, 0.6) is 5.75 Å². The maximum absolute atomic E-state index is 11.7. The lowest BCUT2D eigenvalue weighted by Gasteiger charge is -2.37. The number of benzene rings is 1. The second-order valence-electron chi connectivity index (χ2n) is 8.16. The Balaban J connectivity index is 0.00000306. The Bertz CT molecular complexity index is 897. The van der Waals surface area contributed by atoms with Crippen LogP contribution in [-0.2, 0) is 11.2 Å². The van der Waals surface area contributed by atoms with E-state index < -0.39 is 0 Å². The highest BCUT2D eigenvalue weighted by Gasteiger charge is 2.23. The molecule has 178 valence electrons. The summed E-state index contributed by atoms with van der Waals surface area (Å²) in [5.74, 6) is 2.64. The summed E-state index contributed by atoms with van der Waals surface area (Å²) < 4.78 is 5.57. The number of hydrogen-bond donors (Lipinski definition) is 2. The average molecular weight is 564 g/mol. The molecule has 1 aromatic carbocycles. The standard InChI is InChI=1S/C24H32N6O2.HI/c1-25-24(30-16-14-29(15-17-30)22-4-2-3-12-26-22)27-13-11-19-5-9-21(10-6-19)32-18-23(31)28-20-7-8-20;/h2-6,9-10,12,20H,7-8,11,13-18H2,1H3,(H,25,27)(H,28,31);1H. The second kappa shape index (κ2) is 12.6. The van der Waals surface area contributed by atoms with E-state index in [9.17, 15) is 4.79 Å². The first-order chi connectivity index (χ1) is 15.7. The summed E-state index contributed by atoms with van der Waals surface area (Å²) in [6, 6.07) is 14.3. The monoisotopic (exact) mass is 564 g/mol. The van der Waals surface area contributed by atoms with Crippen molar-refractivity contribution >= 4 is 41.7 Å². The minimum absolute atomic E-state index is 0. The molecule has 1 aliphatic carbocycles. The number of carbonyl (C=O) groups is 1. The van der Waals surface area contributed by atoms with Crippen molar-refractivity contribution in [2.75, 3.05) is 51.3 Å². The fraction of sp³-hybridized carbons (Fsp3) is 0.458. The van der Waals surface area contributed by atoms with Crippen LogP contribution in [0.15, 0.2) is 53.7 Å². The van der Waals surface area contributed by atoms with E-state index in [1.165, 1.54) is 5.56 Å². The number of piperazine rings is 1. The number of ether oxygens (including phenoxy) is 1. The highest BCUT2D eigenvalue weighted by atomic mass is 127. The van der Waals surface area contributed by atoms with Gasteiger partial charge in [0.15, 0.2) is 12.6 Å². The number of rotatable bonds is 8. The summed E-state index contributed by atoms with van der Waals surface area (Å²) in [6.45, 7) is 4.56. The molecule has 0 spiro atoms. The fourth-order valence-electron chi connectivity index (χ4n) is 3.74. The first-order valence-corrected chi connectivity index (χ1v) is 11.3. The minimum atomic E-state index is -0.0481. The van der Waals surface area contributed by atoms with Crippen molar-refractivity contribution in [1.82, 2.24) is 20.5 Å². The van der Waals surface area contributed by atoms with Gasteiger partial charge in [-0.25, -0.2) is 4.98 Å². The van der Waals surface area contributed by atoms with Crippen molar-refractivity contribution in [3.05, 3.63) is 54.2 Å². The Hall–Kier alpha value is -2.56. The summed E-state index contributed by atoms with van der Waals surface area (Å²) in [5, 5.41) is 6.40. The number of nitrogens with zero attached hydrogens (tertiary/aromatic N) is 4. The van der Waals surface area contributed by atoms with Crippen molar-refractivity contribution in [3.63, 3.8) is 0 Å². The maximum Gasteiger partial charge on any atom is 0.258 e. The van der Waals surface area contributed by atoms with Crippen LogP contribution in [0, 0.1) is 0 Å². The van der Waals surface area contributed by atoms with Crippen molar-refractivity contribution in [3.8, 4) is 5.75 Å². The number of hydrogen-bond acceptors (Lipinski definition) is 5. The molecule has 9 heteroatoms. The number of aliphatic imine (C=N–C) groups is 1. The summed E-state index contributed by atoms with van der Waals surface area (Å²) in [5.41, 5.74) is 1.21. The van der Waals surface area contributed by atoms with Gasteiger partial charge in [-0.1, -0.05) is 18.2 Å². The molecule has 33 heavy (non-hydrogen) atoms. The molecule has 1 aliphatic heterocycles. The normalized spacial score (nSPS) is 16.1. The molecule has 0 unspecified atom stereocenters. The maximum atomic E-state index is 11.7. The second-order valence-corrected chi connectivity index (χ2v) is 8.16. The van der Waals surface area contributed by atoms with Crippen LogP contribution in [0.2, 0.25) is 0 Å². The molecule has 8 nitrogen and oxygen atoms in total. The molecule has 1 saturated heterocycles. The van der Waals surface area contributed by atoms with Gasteiger partial charge in [-0.15, -0.1) is 24.0 Å². The molecule has 0 atom stereocenters. The average Bonchev–Trinajstić information content (AvgIpc) is 3.66. The van der Waals surface area contributed by atoms with Crippen LogP contribution >= 0.6 is 24.0 Å². The van der Waals surface area contributed by atoms with Crippen LogP contribution < -0.4 is 20.3 Å². The molecule has 2 heterocycles. The predicted octanol–water partition coefficient (Wildman–Crippen LogP) is 2.30. The predicted molar refractivity (Wildman–Crippen MR) is 142 cm³/mol. The summed E-state index contributed by atoms with van der Waals surface area (Å²) in [4.78, 5) is 25.2. The Kier molecular flexibility index (Phi) is 9.59. The highest BCUT2D eigenvalue weighted by molar-refractivity contribution is 14.0. The third-order valence-corrected chi connectivity index (χ3v) is 5.70. The van der Waals surface area contributed by atoms with Crippen LogP contribution in [0.3, 0.4) is 0 Å². The number of pyridine rings is 1. The van der Waals surface area contributed by atoms with E-state index in [4.69, 9.17) is 4.74 Å². The van der Waals surface area contributed by atoms with E-state index in [0.717, 1.165) is 63.8 Å². The van der Waals surface area contributed by atoms with Gasteiger partial charge >= 0.3 is 0 Å². The van der Waals surface area contributed by atoms with Crippen molar-refractivity contribution < 1.29 is 9.53 Å². The Morgan fingerprint density at radius 3 is 2.52 bits per heavy atom. The van der Waals surface area contributed by atoms with Crippen molar-refractivity contribution in [1.29, 1.82) is 0 Å². The van der Waals surface area contributed by atoms with Crippen molar-refractivity contribution in [2.45, 2.75) is 25.3 Å². The molecule has 2 aromatic rings. The van der Waals surface area contributed by atoms with Gasteiger partial charge in [0.05, 0.1) is 0 Å². The number of amides is 1. The van der Waals surface area contributed by atoms with Gasteiger partial charge in [-0.3, -0.25) is 9.79 Å². The molecule has 1 saturated carbocycles. The zero-order valence-electron chi connectivity index (χ0n) is 19.1. The molecule has 2 fully saturated rings. The van der Waals surface area contributed by atoms with E-state index in [2.05, 4.69) is 36.5 Å². The number of aromatic nitrogens is 1. The van der Waals surface area contributed by atoms with Gasteiger partial charge in [-0.05, 0) is 49.1 Å². The molecular weight excluding hydrogens is 531 g/mol. The largest absolute Gasteiger partial charge is 0.484 e. The Morgan fingerprint density at radius 1 is 1.12 bits per heavy atom. The summed E-state index contributed by atoms with van der Waals surface area (Å²) in [7, 11) is 1.83. The van der Waals surface area contributed by atoms with E-state index in [1.54, 1.807) is 0 Å². The quantitative estimate of drug-likeness (QED) is 0.291. The zero-order chi connectivity index (χ0) is 22.2. The summed E-state index contributed by atoms with van der Waals surface area (Å²) in [6.07, 6.45) is 4.89. The lowest BCUT2D eigenvalue weighted by atomic mass is 10.1. The molecule has 2 aliphatic rings. The molecule has 0 radical (unpaired) electrons. The van der Waals surface area contributed by atoms with Crippen LogP contribution in [-0.4, -0.2) is 74.2 Å². The first-order valence-electron chi connectivity index (χ1n) is 11.3. The lowest BCUT2D eigenvalue weighted by Crippen LogP contribution is -2.53. The lowest BCUT2D eigenvalue weighted by molar-refractivity contribution is -0.123. The van der Waals surface area contributed by atoms with E-state index in [-0.39, 0.29) is 36.5 Å². The molecule has 2 N–H and O–H groups in total. The van der Waals surface area contributed by atoms with Crippen LogP contribution in [0.4, 0.5) is 5.82 Å². The van der Waals surface area contributed by atoms with Gasteiger partial charge in [0.2, 0.25) is 0 Å². The van der Waals surface area contributed by atoms with E-state index in [0.29, 0.717) is 11.8 Å². The molecule has 1 amide bonds. The molecular formula is C24H33IN6O2. The van der Waals surface area contributed by atoms with Gasteiger partial charge in [0.1, 0.15) is 11.6 Å². The third-order valence-electron chi connectivity index (χ3n) is 5.70. The Morgan fingerprint density at radius 2 is 1.88 bits per heavy atom. The SMILES string of the molecule is CN=C(NCCc1ccc(OCC(=O)NC2CC2)cc1)N1CCN(c2ccccn2)CC1.I.